The topological polar surface area (TPSA) is 149 Å². The van der Waals surface area contributed by atoms with Crippen LogP contribution in [0.15, 0.2) is 182 Å². The average molecular weight is 1540 g/mol. The Kier molecular flexibility index (Phi) is 24.8. The van der Waals surface area contributed by atoms with E-state index in [1.54, 1.807) is 55.5 Å². The Morgan fingerprint density at radius 1 is 0.407 bits per heavy atom. The van der Waals surface area contributed by atoms with Gasteiger partial charge in [-0.05, 0) is 202 Å². The second-order valence-corrected chi connectivity index (χ2v) is 31.8. The molecule has 0 unspecified atom stereocenters. The lowest BCUT2D eigenvalue weighted by Crippen LogP contribution is -2.48. The second kappa shape index (κ2) is 34.8. The number of thiophene rings is 3. The number of aryl methyl sites for hydroxylation is 4. The molecule has 0 atom stereocenters. The second-order valence-electron chi connectivity index (χ2n) is 28.2. The Morgan fingerprint density at radius 3 is 1.09 bits per heavy atom. The number of carbonyl (C=O) groups is 3. The Morgan fingerprint density at radius 2 is 0.750 bits per heavy atom. The lowest BCUT2D eigenvalue weighted by atomic mass is 9.95. The zero-order valence-corrected chi connectivity index (χ0v) is 63.7. The molecule has 3 aromatic heterocycles. The van der Waals surface area contributed by atoms with Crippen molar-refractivity contribution in [1.82, 2.24) is 14.7 Å². The minimum Gasteiger partial charge on any atom is -0.508 e. The van der Waals surface area contributed by atoms with Crippen LogP contribution in [-0.4, -0.2) is 146 Å². The standard InChI is InChI=1S/C30H30FNO3S.C29H27ClFNO3S.C29H27F2NO3S/c1-19-4-10-25(20(2)14-19)29(34)30-28(26-11-7-23(33)15-27(26)36-30)22-5-8-24(9-6-22)35-13-3-12-32-17-21(16-31)18-32;1-18-3-6-21(30)13-25(18)28(34)29-27(24-10-7-22(33)14-26(24)36-29)20-4-8-23(9-5-20)35-12-2-11-32-16-19(15-31)17-32;1-18-13-21(31)5-9-24(18)28(34)29-27(25-10-6-22(33)14-26(25)36-29)20-3-7-23(8-4-20)35-12-2-11-32-16-19(15-30)17-32/h4-11,14-15,21,33H,3,12-13,16-18H2,1-2H3;2*3-10,13-14,19,33H,2,11-12,15-17H2,1H3. The summed E-state index contributed by atoms with van der Waals surface area (Å²) in [6.45, 7) is 16.5. The van der Waals surface area contributed by atoms with E-state index in [2.05, 4.69) is 14.7 Å². The summed E-state index contributed by atoms with van der Waals surface area (Å²) in [6, 6.07) is 54.2. The van der Waals surface area contributed by atoms with Crippen molar-refractivity contribution in [2.24, 2.45) is 17.8 Å². The monoisotopic (exact) mass is 1530 g/mol. The van der Waals surface area contributed by atoms with Crippen molar-refractivity contribution in [3.05, 3.63) is 246 Å². The molecule has 0 aliphatic carbocycles. The van der Waals surface area contributed by atoms with Crippen LogP contribution in [0.2, 0.25) is 5.02 Å². The Balaban J connectivity index is 0.000000143. The van der Waals surface area contributed by atoms with Gasteiger partial charge in [0, 0.05) is 145 Å². The maximum Gasteiger partial charge on any atom is 0.203 e. The van der Waals surface area contributed by atoms with Crippen LogP contribution in [0.1, 0.15) is 87.2 Å². The number of nitrogens with zero attached hydrogens (tertiary/aromatic N) is 3. The predicted octanol–water partition coefficient (Wildman–Crippen LogP) is 20.6. The van der Waals surface area contributed by atoms with Crippen molar-refractivity contribution in [3.63, 3.8) is 0 Å². The van der Waals surface area contributed by atoms with E-state index in [0.29, 0.717) is 61.7 Å². The quantitative estimate of drug-likeness (QED) is 0.0256. The minimum atomic E-state index is -0.380. The van der Waals surface area contributed by atoms with E-state index >= 15 is 0 Å². The number of alkyl halides is 3. The van der Waals surface area contributed by atoms with Gasteiger partial charge in [-0.15, -0.1) is 34.0 Å². The summed E-state index contributed by atoms with van der Waals surface area (Å²) in [4.78, 5) is 49.5. The van der Waals surface area contributed by atoms with Crippen molar-refractivity contribution in [1.29, 1.82) is 0 Å². The van der Waals surface area contributed by atoms with Gasteiger partial charge >= 0.3 is 0 Å². The highest BCUT2D eigenvalue weighted by Gasteiger charge is 2.30. The summed E-state index contributed by atoms with van der Waals surface area (Å²) in [7, 11) is 0. The minimum absolute atomic E-state index is 0.00971. The molecule has 15 rings (SSSR count). The largest absolute Gasteiger partial charge is 0.508 e. The van der Waals surface area contributed by atoms with Crippen molar-refractivity contribution in [3.8, 4) is 67.9 Å². The fourth-order valence-corrected chi connectivity index (χ4v) is 18.0. The molecule has 558 valence electrons. The predicted molar refractivity (Wildman–Crippen MR) is 428 cm³/mol. The highest BCUT2D eigenvalue weighted by molar-refractivity contribution is 7.22. The molecular weight excluding hydrogens is 1450 g/mol. The van der Waals surface area contributed by atoms with Gasteiger partial charge in [-0.25, -0.2) is 4.39 Å². The first-order valence-corrected chi connectivity index (χ1v) is 39.2. The van der Waals surface area contributed by atoms with E-state index in [1.807, 2.05) is 136 Å². The molecule has 0 amide bonds. The molecule has 0 radical (unpaired) electrons. The number of hydrogen-bond acceptors (Lipinski definition) is 15. The average Bonchev–Trinajstić information content (AvgIpc) is 1.60. The van der Waals surface area contributed by atoms with E-state index in [4.69, 9.17) is 25.8 Å². The molecule has 12 nitrogen and oxygen atoms in total. The summed E-state index contributed by atoms with van der Waals surface area (Å²) in [5, 5.41) is 33.3. The molecule has 0 saturated carbocycles. The van der Waals surface area contributed by atoms with Crippen molar-refractivity contribution >= 4 is 93.2 Å². The fraction of sp³-hybridized carbons (Fsp3) is 0.284. The Bertz CT molecular complexity index is 4990. The van der Waals surface area contributed by atoms with E-state index in [9.17, 15) is 47.3 Å². The number of ketones is 3. The smallest absolute Gasteiger partial charge is 0.203 e. The SMILES string of the molecule is Cc1cc(F)ccc1C(=O)c1sc2cc(O)ccc2c1-c1ccc(OCCCN2CC(CF)C2)cc1.Cc1ccc(C(=O)c2sc3cc(O)ccc3c2-c2ccc(OCCCN3CC(CF)C3)cc2)c(C)c1.Cc1ccc(Cl)cc1C(=O)c1sc2cc(O)ccc2c1-c1ccc(OCCCN2CC(CF)C2)cc1. The van der Waals surface area contributed by atoms with Gasteiger partial charge < -0.3 is 44.2 Å². The highest BCUT2D eigenvalue weighted by Crippen LogP contribution is 2.46. The molecule has 20 heteroatoms. The van der Waals surface area contributed by atoms with Gasteiger partial charge in [0.25, 0.3) is 0 Å². The van der Waals surface area contributed by atoms with Crippen LogP contribution in [0, 0.1) is 51.3 Å². The molecule has 3 N–H and O–H groups in total. The first-order chi connectivity index (χ1) is 52.3. The van der Waals surface area contributed by atoms with Crippen LogP contribution >= 0.6 is 45.6 Å². The number of ether oxygens (including phenoxy) is 3. The summed E-state index contributed by atoms with van der Waals surface area (Å²) < 4.78 is 71.6. The molecule has 12 aromatic rings. The number of halogens is 5. The van der Waals surface area contributed by atoms with E-state index in [0.717, 1.165) is 176 Å². The maximum atomic E-state index is 13.7. The molecule has 0 spiro atoms. The lowest BCUT2D eigenvalue weighted by Gasteiger charge is -2.37. The van der Waals surface area contributed by atoms with Gasteiger partial charge in [-0.1, -0.05) is 77.8 Å². The van der Waals surface area contributed by atoms with Crippen LogP contribution in [0.25, 0.3) is 63.6 Å². The lowest BCUT2D eigenvalue weighted by molar-refractivity contribution is 0.0755. The Hall–Kier alpha value is -9.44. The number of likely N-dealkylation sites (tertiary alicyclic amines) is 3. The molecular formula is C88H84ClF4N3O9S3. The number of phenolic OH excluding ortho intramolecular Hbond substituents is 3. The van der Waals surface area contributed by atoms with Gasteiger partial charge in [0.05, 0.1) is 54.5 Å². The third-order valence-electron chi connectivity index (χ3n) is 20.0. The van der Waals surface area contributed by atoms with Crippen LogP contribution in [-0.2, 0) is 0 Å². The first kappa shape index (κ1) is 76.7. The molecule has 108 heavy (non-hydrogen) atoms. The number of benzene rings is 9. The molecule has 3 fully saturated rings. The zero-order valence-electron chi connectivity index (χ0n) is 60.5. The first-order valence-electron chi connectivity index (χ1n) is 36.3. The maximum absolute atomic E-state index is 13.7. The third kappa shape index (κ3) is 18.0. The number of phenols is 3. The van der Waals surface area contributed by atoms with E-state index < -0.39 is 0 Å². The molecule has 3 aliphatic heterocycles. The van der Waals surface area contributed by atoms with Gasteiger partial charge in [0.15, 0.2) is 0 Å². The summed E-state index contributed by atoms with van der Waals surface area (Å²) in [6.07, 6.45) is 2.65. The van der Waals surface area contributed by atoms with Crippen LogP contribution in [0.5, 0.6) is 34.5 Å². The van der Waals surface area contributed by atoms with Crippen molar-refractivity contribution < 1.29 is 61.5 Å². The zero-order chi connectivity index (χ0) is 75.7. The van der Waals surface area contributed by atoms with Gasteiger partial charge in [-0.3, -0.25) is 27.6 Å². The van der Waals surface area contributed by atoms with Crippen molar-refractivity contribution in [2.75, 3.05) is 98.7 Å². The number of carbonyl (C=O) groups excluding carboxylic acids is 3. The number of rotatable bonds is 27. The molecule has 9 aromatic carbocycles. The van der Waals surface area contributed by atoms with E-state index in [-0.39, 0.29) is 78.2 Å². The normalized spacial score (nSPS) is 14.2. The van der Waals surface area contributed by atoms with E-state index in [1.165, 1.54) is 52.2 Å². The number of fused-ring (bicyclic) bond motifs is 3. The fourth-order valence-electron chi connectivity index (χ4n) is 14.2. The molecule has 3 saturated heterocycles. The summed E-state index contributed by atoms with van der Waals surface area (Å²) in [5.74, 6) is 2.72. The van der Waals surface area contributed by atoms with Crippen LogP contribution < -0.4 is 14.2 Å². The summed E-state index contributed by atoms with van der Waals surface area (Å²) in [5.41, 5.74) is 10.4. The Labute approximate surface area is 643 Å². The van der Waals surface area contributed by atoms with Crippen molar-refractivity contribution in [2.45, 2.75) is 47.0 Å². The van der Waals surface area contributed by atoms with Crippen LogP contribution in [0.3, 0.4) is 0 Å². The van der Waals surface area contributed by atoms with Gasteiger partial charge in [0.1, 0.15) is 40.3 Å². The van der Waals surface area contributed by atoms with Gasteiger partial charge in [-0.2, -0.15) is 0 Å². The molecule has 3 aliphatic rings. The molecule has 0 bridgehead atoms. The molecule has 6 heterocycles. The number of hydrogen-bond donors (Lipinski definition) is 3. The van der Waals surface area contributed by atoms with Gasteiger partial charge in [0.2, 0.25) is 17.3 Å². The van der Waals surface area contributed by atoms with Crippen LogP contribution in [0.4, 0.5) is 17.6 Å². The summed E-state index contributed by atoms with van der Waals surface area (Å²) >= 11 is 10.3. The highest BCUT2D eigenvalue weighted by atomic mass is 35.5. The third-order valence-corrected chi connectivity index (χ3v) is 23.7. The number of aromatic hydroxyl groups is 3.